The second-order valence-electron chi connectivity index (χ2n) is 8.65. The van der Waals surface area contributed by atoms with E-state index in [1.807, 2.05) is 61.5 Å². The summed E-state index contributed by atoms with van der Waals surface area (Å²) in [6.07, 6.45) is 1.14. The fraction of sp³-hybridized carbons (Fsp3) is 0.214. The minimum atomic E-state index is -0.258. The average Bonchev–Trinajstić information content (AvgIpc) is 3.21. The van der Waals surface area contributed by atoms with Gasteiger partial charge in [-0.2, -0.15) is 0 Å². The molecular weight excluding hydrogens is 473 g/mol. The maximum absolute atomic E-state index is 13.4. The Kier molecular flexibility index (Phi) is 7.23. The highest BCUT2D eigenvalue weighted by atomic mass is 32.2. The molecule has 1 amide bonds. The number of aromatic nitrogens is 4. The second-order valence-corrected chi connectivity index (χ2v) is 9.71. The van der Waals surface area contributed by atoms with Crippen LogP contribution in [0.5, 0.6) is 0 Å². The average molecular weight is 500 g/mol. The smallest absolute Gasteiger partial charge is 0.220 e. The standard InChI is InChI=1S/C28H26FN5OS/c1-19(21-8-3-2-4-9-21)30-25(35)12-7-17-36-28-31-27-26(32-33-28)23-10-5-6-11-24(23)34(27)18-20-13-15-22(29)16-14-20/h2-6,8-11,13-16,19H,7,12,17-18H2,1H3,(H,30,35). The van der Waals surface area contributed by atoms with E-state index in [-0.39, 0.29) is 17.8 Å². The van der Waals surface area contributed by atoms with Crippen molar-refractivity contribution in [3.8, 4) is 0 Å². The van der Waals surface area contributed by atoms with Crippen molar-refractivity contribution in [2.45, 2.75) is 37.5 Å². The third-order valence-corrected chi connectivity index (χ3v) is 6.99. The van der Waals surface area contributed by atoms with Gasteiger partial charge in [0.2, 0.25) is 11.1 Å². The molecule has 1 atom stereocenters. The molecule has 0 saturated carbocycles. The normalized spacial score (nSPS) is 12.2. The number of halogens is 1. The van der Waals surface area contributed by atoms with Gasteiger partial charge in [0.25, 0.3) is 0 Å². The van der Waals surface area contributed by atoms with Gasteiger partial charge in [0.05, 0.1) is 11.6 Å². The zero-order valence-corrected chi connectivity index (χ0v) is 20.7. The number of fused-ring (bicyclic) bond motifs is 3. The predicted molar refractivity (Wildman–Crippen MR) is 141 cm³/mol. The van der Waals surface area contributed by atoms with Gasteiger partial charge in [-0.15, -0.1) is 10.2 Å². The van der Waals surface area contributed by atoms with Crippen LogP contribution in [0.1, 0.15) is 36.9 Å². The molecule has 0 radical (unpaired) electrons. The van der Waals surface area contributed by atoms with Crippen LogP contribution in [0.4, 0.5) is 4.39 Å². The van der Waals surface area contributed by atoms with E-state index in [0.717, 1.165) is 33.2 Å². The van der Waals surface area contributed by atoms with Crippen LogP contribution in [0.2, 0.25) is 0 Å². The molecule has 0 saturated heterocycles. The van der Waals surface area contributed by atoms with Crippen LogP contribution in [0.15, 0.2) is 84.0 Å². The van der Waals surface area contributed by atoms with Gasteiger partial charge in [0.1, 0.15) is 11.3 Å². The van der Waals surface area contributed by atoms with E-state index in [1.165, 1.54) is 23.9 Å². The van der Waals surface area contributed by atoms with Gasteiger partial charge in [-0.05, 0) is 42.7 Å². The van der Waals surface area contributed by atoms with Crippen molar-refractivity contribution in [3.05, 3.63) is 95.8 Å². The molecular formula is C28H26FN5OS. The first-order chi connectivity index (χ1) is 17.6. The van der Waals surface area contributed by atoms with Crippen LogP contribution < -0.4 is 5.32 Å². The Morgan fingerprint density at radius 2 is 1.75 bits per heavy atom. The molecule has 3 aromatic carbocycles. The quantitative estimate of drug-likeness (QED) is 0.201. The summed E-state index contributed by atoms with van der Waals surface area (Å²) in [4.78, 5) is 17.2. The molecule has 1 N–H and O–H groups in total. The van der Waals surface area contributed by atoms with Gasteiger partial charge in [-0.1, -0.05) is 72.4 Å². The summed E-state index contributed by atoms with van der Waals surface area (Å²) in [7, 11) is 0. The fourth-order valence-corrected chi connectivity index (χ4v) is 4.94. The zero-order chi connectivity index (χ0) is 24.9. The van der Waals surface area contributed by atoms with Crippen molar-refractivity contribution in [2.24, 2.45) is 0 Å². The van der Waals surface area contributed by atoms with Crippen molar-refractivity contribution in [2.75, 3.05) is 5.75 Å². The molecule has 2 aromatic heterocycles. The fourth-order valence-electron chi connectivity index (χ4n) is 4.22. The van der Waals surface area contributed by atoms with E-state index in [2.05, 4.69) is 20.1 Å². The van der Waals surface area contributed by atoms with Crippen molar-refractivity contribution in [1.82, 2.24) is 25.1 Å². The van der Waals surface area contributed by atoms with Gasteiger partial charge in [0, 0.05) is 24.1 Å². The maximum atomic E-state index is 13.4. The number of para-hydroxylation sites is 1. The Labute approximate surface area is 213 Å². The third-order valence-electron chi connectivity index (χ3n) is 6.06. The summed E-state index contributed by atoms with van der Waals surface area (Å²) >= 11 is 1.49. The molecule has 0 fully saturated rings. The topological polar surface area (TPSA) is 72.7 Å². The largest absolute Gasteiger partial charge is 0.350 e. The Bertz CT molecular complexity index is 1490. The Morgan fingerprint density at radius 1 is 1.00 bits per heavy atom. The van der Waals surface area contributed by atoms with Gasteiger partial charge in [0.15, 0.2) is 5.65 Å². The summed E-state index contributed by atoms with van der Waals surface area (Å²) in [5.41, 5.74) is 4.55. The number of thioether (sulfide) groups is 1. The molecule has 36 heavy (non-hydrogen) atoms. The second kappa shape index (κ2) is 10.9. The number of rotatable bonds is 9. The molecule has 6 nitrogen and oxygen atoms in total. The van der Waals surface area contributed by atoms with Crippen molar-refractivity contribution >= 4 is 39.7 Å². The molecule has 5 aromatic rings. The maximum Gasteiger partial charge on any atom is 0.220 e. The number of nitrogens with one attached hydrogen (secondary N) is 1. The molecule has 0 aliphatic carbocycles. The molecule has 5 rings (SSSR count). The SMILES string of the molecule is CC(NC(=O)CCCSc1nnc2c3ccccc3n(Cc3ccc(F)cc3)c2n1)c1ccccc1. The highest BCUT2D eigenvalue weighted by Gasteiger charge is 2.15. The number of nitrogens with zero attached hydrogens (tertiary/aromatic N) is 4. The van der Waals surface area contributed by atoms with E-state index in [4.69, 9.17) is 4.98 Å². The minimum Gasteiger partial charge on any atom is -0.350 e. The number of benzene rings is 3. The van der Waals surface area contributed by atoms with Crippen LogP contribution in [-0.4, -0.2) is 31.4 Å². The minimum absolute atomic E-state index is 0.0238. The molecule has 8 heteroatoms. The Balaban J connectivity index is 1.26. The summed E-state index contributed by atoms with van der Waals surface area (Å²) < 4.78 is 15.5. The lowest BCUT2D eigenvalue weighted by Crippen LogP contribution is -2.26. The lowest BCUT2D eigenvalue weighted by Gasteiger charge is -2.14. The lowest BCUT2D eigenvalue weighted by atomic mass is 10.1. The lowest BCUT2D eigenvalue weighted by molar-refractivity contribution is -0.121. The van der Waals surface area contributed by atoms with E-state index in [9.17, 15) is 9.18 Å². The first-order valence-electron chi connectivity index (χ1n) is 11.9. The van der Waals surface area contributed by atoms with Crippen LogP contribution in [0.25, 0.3) is 22.1 Å². The Hall–Kier alpha value is -3.78. The zero-order valence-electron chi connectivity index (χ0n) is 19.9. The number of hydrogen-bond donors (Lipinski definition) is 1. The van der Waals surface area contributed by atoms with E-state index >= 15 is 0 Å². The summed E-state index contributed by atoms with van der Waals surface area (Å²) in [6.45, 7) is 2.54. The molecule has 1 unspecified atom stereocenters. The predicted octanol–water partition coefficient (Wildman–Crippen LogP) is 5.92. The summed E-state index contributed by atoms with van der Waals surface area (Å²) in [5.74, 6) is 0.478. The van der Waals surface area contributed by atoms with E-state index in [0.29, 0.717) is 30.3 Å². The molecule has 2 heterocycles. The van der Waals surface area contributed by atoms with Crippen molar-refractivity contribution in [3.63, 3.8) is 0 Å². The van der Waals surface area contributed by atoms with Crippen molar-refractivity contribution < 1.29 is 9.18 Å². The highest BCUT2D eigenvalue weighted by Crippen LogP contribution is 2.28. The molecule has 0 aliphatic heterocycles. The van der Waals surface area contributed by atoms with Crippen LogP contribution in [0, 0.1) is 5.82 Å². The van der Waals surface area contributed by atoms with Gasteiger partial charge < -0.3 is 9.88 Å². The summed E-state index contributed by atoms with van der Waals surface area (Å²) in [6, 6.07) is 24.4. The monoisotopic (exact) mass is 499 g/mol. The van der Waals surface area contributed by atoms with Gasteiger partial charge in [-0.3, -0.25) is 4.79 Å². The third kappa shape index (κ3) is 5.39. The van der Waals surface area contributed by atoms with Gasteiger partial charge >= 0.3 is 0 Å². The molecule has 0 bridgehead atoms. The van der Waals surface area contributed by atoms with Gasteiger partial charge in [-0.25, -0.2) is 9.37 Å². The van der Waals surface area contributed by atoms with E-state index < -0.39 is 0 Å². The van der Waals surface area contributed by atoms with Crippen LogP contribution in [-0.2, 0) is 11.3 Å². The number of carbonyl (C=O) groups is 1. The number of amides is 1. The summed E-state index contributed by atoms with van der Waals surface area (Å²) in [5, 5.41) is 13.4. The molecule has 182 valence electrons. The van der Waals surface area contributed by atoms with Crippen molar-refractivity contribution in [1.29, 1.82) is 0 Å². The van der Waals surface area contributed by atoms with E-state index in [1.54, 1.807) is 12.1 Å². The first-order valence-corrected chi connectivity index (χ1v) is 12.9. The number of carbonyl (C=O) groups excluding carboxylic acids is 1. The van der Waals surface area contributed by atoms with Crippen LogP contribution in [0.3, 0.4) is 0 Å². The van der Waals surface area contributed by atoms with Crippen LogP contribution >= 0.6 is 11.8 Å². The number of hydrogen-bond acceptors (Lipinski definition) is 5. The molecule has 0 spiro atoms. The molecule has 0 aliphatic rings. The highest BCUT2D eigenvalue weighted by molar-refractivity contribution is 7.99. The first kappa shape index (κ1) is 23.9. The Morgan fingerprint density at radius 3 is 2.56 bits per heavy atom.